The number of esters is 1. The molecule has 0 aliphatic rings. The molecule has 0 saturated carbocycles. The first-order chi connectivity index (χ1) is 17.8. The number of amides is 1. The highest BCUT2D eigenvalue weighted by Crippen LogP contribution is 2.32. The van der Waals surface area contributed by atoms with Gasteiger partial charge in [0.2, 0.25) is 11.2 Å². The number of fused-ring (bicyclic) bond motifs is 1. The standard InChI is InChI=1S/C28H26N2O6S/c1-5-15-34-27(33)25-17(4)29-28(37-25)30-26(32)20(6-2)35-24-22(31)19-9-7-8-10-21(19)36-23(24)18-13-11-16(3)12-14-18/h5,7-14,20H,1,6,15H2,2-4H3,(H,29,30,32). The molecule has 2 aromatic carbocycles. The topological polar surface area (TPSA) is 108 Å². The fourth-order valence-corrected chi connectivity index (χ4v) is 4.48. The van der Waals surface area contributed by atoms with Gasteiger partial charge in [0.05, 0.1) is 11.1 Å². The Bertz CT molecular complexity index is 1520. The van der Waals surface area contributed by atoms with Crippen LogP contribution in [-0.2, 0) is 9.53 Å². The summed E-state index contributed by atoms with van der Waals surface area (Å²) in [6.45, 7) is 8.97. The maximum Gasteiger partial charge on any atom is 0.350 e. The highest BCUT2D eigenvalue weighted by atomic mass is 32.1. The van der Waals surface area contributed by atoms with Crippen LogP contribution in [0.1, 0.15) is 34.3 Å². The van der Waals surface area contributed by atoms with Crippen LogP contribution in [-0.4, -0.2) is 29.6 Å². The summed E-state index contributed by atoms with van der Waals surface area (Å²) in [6, 6.07) is 14.4. The Morgan fingerprint density at radius 2 is 1.89 bits per heavy atom. The molecule has 8 nitrogen and oxygen atoms in total. The van der Waals surface area contributed by atoms with Gasteiger partial charge in [0.15, 0.2) is 17.0 Å². The van der Waals surface area contributed by atoms with E-state index in [-0.39, 0.29) is 40.0 Å². The molecule has 37 heavy (non-hydrogen) atoms. The van der Waals surface area contributed by atoms with Crippen LogP contribution in [0, 0.1) is 13.8 Å². The third-order valence-electron chi connectivity index (χ3n) is 5.54. The number of rotatable bonds is 9. The zero-order valence-corrected chi connectivity index (χ0v) is 21.5. The average Bonchev–Trinajstić information content (AvgIpc) is 3.26. The number of aryl methyl sites for hydroxylation is 2. The normalized spacial score (nSPS) is 11.6. The van der Waals surface area contributed by atoms with Gasteiger partial charge in [-0.3, -0.25) is 14.9 Å². The third-order valence-corrected chi connectivity index (χ3v) is 6.59. The summed E-state index contributed by atoms with van der Waals surface area (Å²) >= 11 is 0.999. The predicted octanol–water partition coefficient (Wildman–Crippen LogP) is 5.67. The second-order valence-corrected chi connectivity index (χ2v) is 9.28. The number of benzene rings is 2. The van der Waals surface area contributed by atoms with Crippen LogP contribution in [0.4, 0.5) is 5.13 Å². The van der Waals surface area contributed by atoms with E-state index in [1.807, 2.05) is 31.2 Å². The van der Waals surface area contributed by atoms with E-state index in [4.69, 9.17) is 13.9 Å². The fraction of sp³-hybridized carbons (Fsp3) is 0.214. The molecule has 1 unspecified atom stereocenters. The lowest BCUT2D eigenvalue weighted by Gasteiger charge is -2.18. The number of anilines is 1. The number of ether oxygens (including phenoxy) is 2. The van der Waals surface area contributed by atoms with Crippen molar-refractivity contribution in [2.75, 3.05) is 11.9 Å². The predicted molar refractivity (Wildman–Crippen MR) is 143 cm³/mol. The van der Waals surface area contributed by atoms with Gasteiger partial charge < -0.3 is 13.9 Å². The molecule has 4 aromatic rings. The van der Waals surface area contributed by atoms with Crippen molar-refractivity contribution in [1.29, 1.82) is 0 Å². The van der Waals surface area contributed by atoms with Crippen molar-refractivity contribution in [2.45, 2.75) is 33.3 Å². The molecule has 0 fully saturated rings. The minimum Gasteiger partial charge on any atom is -0.473 e. The van der Waals surface area contributed by atoms with Crippen LogP contribution in [0.2, 0.25) is 0 Å². The lowest BCUT2D eigenvalue weighted by molar-refractivity contribution is -0.122. The number of carbonyl (C=O) groups is 2. The van der Waals surface area contributed by atoms with Crippen LogP contribution in [0.3, 0.4) is 0 Å². The summed E-state index contributed by atoms with van der Waals surface area (Å²) in [7, 11) is 0. The van der Waals surface area contributed by atoms with E-state index in [1.165, 1.54) is 6.08 Å². The monoisotopic (exact) mass is 518 g/mol. The van der Waals surface area contributed by atoms with Crippen LogP contribution in [0.5, 0.6) is 5.75 Å². The van der Waals surface area contributed by atoms with E-state index in [1.54, 1.807) is 38.1 Å². The van der Waals surface area contributed by atoms with Gasteiger partial charge in [0, 0.05) is 5.56 Å². The van der Waals surface area contributed by atoms with E-state index >= 15 is 0 Å². The minimum atomic E-state index is -1.02. The molecular weight excluding hydrogens is 492 g/mol. The van der Waals surface area contributed by atoms with E-state index in [0.717, 1.165) is 16.9 Å². The molecule has 0 bridgehead atoms. The summed E-state index contributed by atoms with van der Waals surface area (Å²) in [6.07, 6.45) is 0.715. The molecule has 190 valence electrons. The molecule has 1 atom stereocenters. The maximum atomic E-state index is 13.4. The summed E-state index contributed by atoms with van der Waals surface area (Å²) < 4.78 is 17.2. The van der Waals surface area contributed by atoms with Gasteiger partial charge in [-0.2, -0.15) is 0 Å². The molecule has 4 rings (SSSR count). The number of thiazole rings is 1. The minimum absolute atomic E-state index is 0.0476. The van der Waals surface area contributed by atoms with Crippen molar-refractivity contribution in [3.63, 3.8) is 0 Å². The van der Waals surface area contributed by atoms with Crippen molar-refractivity contribution >= 4 is 39.3 Å². The second-order valence-electron chi connectivity index (χ2n) is 8.28. The van der Waals surface area contributed by atoms with Gasteiger partial charge in [-0.05, 0) is 32.4 Å². The smallest absolute Gasteiger partial charge is 0.350 e. The molecular formula is C28H26N2O6S. The largest absolute Gasteiger partial charge is 0.473 e. The Balaban J connectivity index is 1.65. The second kappa shape index (κ2) is 11.2. The molecule has 2 aromatic heterocycles. The van der Waals surface area contributed by atoms with Crippen molar-refractivity contribution < 1.29 is 23.5 Å². The van der Waals surface area contributed by atoms with E-state index in [9.17, 15) is 14.4 Å². The van der Waals surface area contributed by atoms with Gasteiger partial charge in [0.1, 0.15) is 17.1 Å². The van der Waals surface area contributed by atoms with Crippen molar-refractivity contribution in [3.8, 4) is 17.1 Å². The van der Waals surface area contributed by atoms with Crippen LogP contribution in [0.15, 0.2) is 70.4 Å². The van der Waals surface area contributed by atoms with Gasteiger partial charge in [0.25, 0.3) is 5.91 Å². The van der Waals surface area contributed by atoms with E-state index < -0.39 is 18.0 Å². The maximum absolute atomic E-state index is 13.4. The van der Waals surface area contributed by atoms with Gasteiger partial charge >= 0.3 is 5.97 Å². The SMILES string of the molecule is C=CCOC(=O)c1sc(NC(=O)C(CC)Oc2c(-c3ccc(C)cc3)oc3ccccc3c2=O)nc1C. The lowest BCUT2D eigenvalue weighted by Crippen LogP contribution is -2.34. The number of nitrogens with one attached hydrogen (secondary N) is 1. The zero-order chi connectivity index (χ0) is 26.5. The molecule has 0 aliphatic carbocycles. The summed E-state index contributed by atoms with van der Waals surface area (Å²) in [5.74, 6) is -0.860. The van der Waals surface area contributed by atoms with Crippen LogP contribution in [0.25, 0.3) is 22.3 Å². The third kappa shape index (κ3) is 5.62. The van der Waals surface area contributed by atoms with Crippen molar-refractivity contribution in [3.05, 3.63) is 87.5 Å². The highest BCUT2D eigenvalue weighted by Gasteiger charge is 2.26. The fourth-order valence-electron chi connectivity index (χ4n) is 3.62. The first-order valence-electron chi connectivity index (χ1n) is 11.7. The average molecular weight is 519 g/mol. The Labute approximate surface area is 217 Å². The Morgan fingerprint density at radius 3 is 2.59 bits per heavy atom. The van der Waals surface area contributed by atoms with Gasteiger partial charge in [-0.25, -0.2) is 9.78 Å². The molecule has 1 amide bonds. The summed E-state index contributed by atoms with van der Waals surface area (Å²) in [5.41, 5.74) is 2.17. The first-order valence-corrected chi connectivity index (χ1v) is 12.5. The number of nitrogens with zero attached hydrogens (tertiary/aromatic N) is 1. The molecule has 0 spiro atoms. The zero-order valence-electron chi connectivity index (χ0n) is 20.7. The molecule has 2 heterocycles. The lowest BCUT2D eigenvalue weighted by atomic mass is 10.1. The first kappa shape index (κ1) is 25.8. The molecule has 9 heteroatoms. The highest BCUT2D eigenvalue weighted by molar-refractivity contribution is 7.17. The molecule has 1 N–H and O–H groups in total. The summed E-state index contributed by atoms with van der Waals surface area (Å²) in [4.78, 5) is 43.3. The van der Waals surface area contributed by atoms with E-state index in [0.29, 0.717) is 22.2 Å². The van der Waals surface area contributed by atoms with Crippen molar-refractivity contribution in [2.24, 2.45) is 0 Å². The van der Waals surface area contributed by atoms with Gasteiger partial charge in [-0.15, -0.1) is 0 Å². The number of hydrogen-bond acceptors (Lipinski definition) is 8. The number of para-hydroxylation sites is 1. The van der Waals surface area contributed by atoms with Crippen LogP contribution < -0.4 is 15.5 Å². The summed E-state index contributed by atoms with van der Waals surface area (Å²) in [5, 5.41) is 3.26. The number of carbonyl (C=O) groups excluding carboxylic acids is 2. The number of hydrogen-bond donors (Lipinski definition) is 1. The van der Waals surface area contributed by atoms with Crippen molar-refractivity contribution in [1.82, 2.24) is 4.98 Å². The number of aromatic nitrogens is 1. The van der Waals surface area contributed by atoms with Gasteiger partial charge in [-0.1, -0.05) is 72.9 Å². The van der Waals surface area contributed by atoms with Crippen LogP contribution >= 0.6 is 11.3 Å². The Kier molecular flexibility index (Phi) is 7.83. The molecule has 0 radical (unpaired) electrons. The Morgan fingerprint density at radius 1 is 1.16 bits per heavy atom. The Hall–Kier alpha value is -4.24. The van der Waals surface area contributed by atoms with E-state index in [2.05, 4.69) is 16.9 Å². The molecule has 0 aliphatic heterocycles. The molecule has 0 saturated heterocycles. The quantitative estimate of drug-likeness (QED) is 0.225.